The summed E-state index contributed by atoms with van der Waals surface area (Å²) in [5.74, 6) is -1.48. The number of benzene rings is 1. The van der Waals surface area contributed by atoms with Crippen molar-refractivity contribution in [3.05, 3.63) is 46.0 Å². The summed E-state index contributed by atoms with van der Waals surface area (Å²) in [5, 5.41) is 9.36. The molecule has 1 heterocycles. The van der Waals surface area contributed by atoms with E-state index in [1.807, 2.05) is 13.8 Å². The summed E-state index contributed by atoms with van der Waals surface area (Å²) in [5.41, 5.74) is -0.229. The van der Waals surface area contributed by atoms with Crippen LogP contribution in [0.15, 0.2) is 29.1 Å². The Morgan fingerprint density at radius 3 is 2.65 bits per heavy atom. The lowest BCUT2D eigenvalue weighted by Crippen LogP contribution is -2.21. The lowest BCUT2D eigenvalue weighted by Gasteiger charge is -2.12. The number of halogens is 1. The fourth-order valence-electron chi connectivity index (χ4n) is 2.13. The molecule has 0 saturated heterocycles. The highest BCUT2D eigenvalue weighted by Gasteiger charge is 2.13. The van der Waals surface area contributed by atoms with Crippen molar-refractivity contribution in [1.82, 2.24) is 4.57 Å². The molecule has 0 saturated carbocycles. The summed E-state index contributed by atoms with van der Waals surface area (Å²) in [4.78, 5) is 22.8. The number of carboxylic acids is 1. The fourth-order valence-corrected chi connectivity index (χ4v) is 2.13. The summed E-state index contributed by atoms with van der Waals surface area (Å²) < 4.78 is 15.5. The van der Waals surface area contributed by atoms with E-state index in [4.69, 9.17) is 5.11 Å². The second-order valence-electron chi connectivity index (χ2n) is 5.21. The minimum Gasteiger partial charge on any atom is -0.478 e. The fraction of sp³-hybridized carbons (Fsp3) is 0.333. The van der Waals surface area contributed by atoms with Gasteiger partial charge in [0.05, 0.1) is 11.1 Å². The number of aromatic nitrogens is 1. The van der Waals surface area contributed by atoms with Crippen molar-refractivity contribution in [2.75, 3.05) is 0 Å². The van der Waals surface area contributed by atoms with E-state index in [-0.39, 0.29) is 16.6 Å². The Morgan fingerprint density at radius 1 is 1.35 bits per heavy atom. The zero-order valence-corrected chi connectivity index (χ0v) is 11.4. The van der Waals surface area contributed by atoms with Crippen LogP contribution in [0.4, 0.5) is 4.39 Å². The topological polar surface area (TPSA) is 59.3 Å². The highest BCUT2D eigenvalue weighted by Crippen LogP contribution is 2.19. The molecule has 1 aromatic heterocycles. The third-order valence-electron chi connectivity index (χ3n) is 3.21. The first-order valence-corrected chi connectivity index (χ1v) is 6.46. The summed E-state index contributed by atoms with van der Waals surface area (Å²) in [6.45, 7) is 4.46. The molecule has 2 rings (SSSR count). The van der Waals surface area contributed by atoms with Crippen LogP contribution >= 0.6 is 0 Å². The van der Waals surface area contributed by atoms with Crippen LogP contribution in [0, 0.1) is 11.7 Å². The van der Waals surface area contributed by atoms with E-state index in [0.717, 1.165) is 12.5 Å². The molecular weight excluding hydrogens is 261 g/mol. The molecule has 0 unspecified atom stereocenters. The standard InChI is InChI=1S/C15H16FNO3/c1-9(2)5-6-17-13(18)4-3-10-7-11(15(19)20)8-12(16)14(10)17/h3-4,7-9H,5-6H2,1-2H3,(H,19,20). The molecule has 0 amide bonds. The highest BCUT2D eigenvalue weighted by atomic mass is 19.1. The number of pyridine rings is 1. The number of fused-ring (bicyclic) bond motifs is 1. The van der Waals surface area contributed by atoms with Crippen LogP contribution in [0.5, 0.6) is 0 Å². The molecule has 0 spiro atoms. The number of hydrogen-bond acceptors (Lipinski definition) is 2. The molecule has 0 aliphatic carbocycles. The van der Waals surface area contributed by atoms with Crippen molar-refractivity contribution in [2.45, 2.75) is 26.8 Å². The lowest BCUT2D eigenvalue weighted by molar-refractivity contribution is 0.0696. The quantitative estimate of drug-likeness (QED) is 0.934. The zero-order valence-electron chi connectivity index (χ0n) is 11.4. The first-order valence-electron chi connectivity index (χ1n) is 6.46. The Kier molecular flexibility index (Phi) is 3.88. The molecule has 0 aliphatic heterocycles. The predicted molar refractivity (Wildman–Crippen MR) is 74.6 cm³/mol. The Balaban J connectivity index is 2.65. The van der Waals surface area contributed by atoms with Crippen LogP contribution in [0.1, 0.15) is 30.6 Å². The van der Waals surface area contributed by atoms with E-state index in [2.05, 4.69) is 0 Å². The number of hydrogen-bond donors (Lipinski definition) is 1. The lowest BCUT2D eigenvalue weighted by atomic mass is 10.1. The molecule has 106 valence electrons. The highest BCUT2D eigenvalue weighted by molar-refractivity contribution is 5.93. The van der Waals surface area contributed by atoms with E-state index >= 15 is 0 Å². The zero-order chi connectivity index (χ0) is 14.9. The van der Waals surface area contributed by atoms with Gasteiger partial charge in [-0.25, -0.2) is 9.18 Å². The van der Waals surface area contributed by atoms with E-state index in [9.17, 15) is 14.0 Å². The second-order valence-corrected chi connectivity index (χ2v) is 5.21. The monoisotopic (exact) mass is 277 g/mol. The molecule has 20 heavy (non-hydrogen) atoms. The molecular formula is C15H16FNO3. The van der Waals surface area contributed by atoms with Crippen LogP contribution in [0.2, 0.25) is 0 Å². The van der Waals surface area contributed by atoms with E-state index < -0.39 is 11.8 Å². The maximum absolute atomic E-state index is 14.1. The first-order chi connectivity index (χ1) is 9.40. The van der Waals surface area contributed by atoms with E-state index in [1.165, 1.54) is 22.8 Å². The van der Waals surface area contributed by atoms with Crippen LogP contribution in [-0.4, -0.2) is 15.6 Å². The van der Waals surface area contributed by atoms with Gasteiger partial charge < -0.3 is 9.67 Å². The number of aryl methyl sites for hydroxylation is 1. The van der Waals surface area contributed by atoms with Crippen LogP contribution in [-0.2, 0) is 6.54 Å². The summed E-state index contributed by atoms with van der Waals surface area (Å²) in [7, 11) is 0. The molecule has 2 aromatic rings. The first kappa shape index (κ1) is 14.2. The predicted octanol–water partition coefficient (Wildman–Crippen LogP) is 2.88. The number of nitrogens with zero attached hydrogens (tertiary/aromatic N) is 1. The van der Waals surface area contributed by atoms with Crippen molar-refractivity contribution in [2.24, 2.45) is 5.92 Å². The van der Waals surface area contributed by atoms with Gasteiger partial charge in [0, 0.05) is 18.0 Å². The van der Waals surface area contributed by atoms with Gasteiger partial charge in [-0.3, -0.25) is 4.79 Å². The van der Waals surface area contributed by atoms with Gasteiger partial charge in [0.2, 0.25) is 0 Å². The molecule has 0 bridgehead atoms. The van der Waals surface area contributed by atoms with Crippen LogP contribution in [0.25, 0.3) is 10.9 Å². The smallest absolute Gasteiger partial charge is 0.335 e. The third kappa shape index (κ3) is 2.71. The summed E-state index contributed by atoms with van der Waals surface area (Å²) >= 11 is 0. The van der Waals surface area contributed by atoms with Crippen molar-refractivity contribution >= 4 is 16.9 Å². The minimum atomic E-state index is -1.19. The maximum atomic E-state index is 14.1. The van der Waals surface area contributed by atoms with Gasteiger partial charge in [0.1, 0.15) is 5.82 Å². The summed E-state index contributed by atoms with van der Waals surface area (Å²) in [6.07, 6.45) is 0.749. The average molecular weight is 277 g/mol. The van der Waals surface area contributed by atoms with Crippen molar-refractivity contribution in [1.29, 1.82) is 0 Å². The number of rotatable bonds is 4. The number of carbonyl (C=O) groups is 1. The Morgan fingerprint density at radius 2 is 2.05 bits per heavy atom. The van der Waals surface area contributed by atoms with Crippen molar-refractivity contribution in [3.8, 4) is 0 Å². The van der Waals surface area contributed by atoms with Gasteiger partial charge in [-0.1, -0.05) is 13.8 Å². The Labute approximate surface area is 115 Å². The van der Waals surface area contributed by atoms with E-state index in [1.54, 1.807) is 0 Å². The molecule has 0 radical (unpaired) electrons. The molecule has 5 heteroatoms. The molecule has 4 nitrogen and oxygen atoms in total. The number of carboxylic acid groups (broad SMARTS) is 1. The third-order valence-corrected chi connectivity index (χ3v) is 3.21. The van der Waals surface area contributed by atoms with Gasteiger partial charge in [0.25, 0.3) is 5.56 Å². The minimum absolute atomic E-state index is 0.121. The normalized spacial score (nSPS) is 11.2. The van der Waals surface area contributed by atoms with Crippen molar-refractivity contribution < 1.29 is 14.3 Å². The van der Waals surface area contributed by atoms with Crippen LogP contribution in [0.3, 0.4) is 0 Å². The molecule has 1 aromatic carbocycles. The molecule has 0 atom stereocenters. The van der Waals surface area contributed by atoms with Gasteiger partial charge in [-0.05, 0) is 30.5 Å². The van der Waals surface area contributed by atoms with E-state index in [0.29, 0.717) is 17.8 Å². The van der Waals surface area contributed by atoms with Gasteiger partial charge >= 0.3 is 5.97 Å². The maximum Gasteiger partial charge on any atom is 0.335 e. The molecule has 0 aliphatic rings. The largest absolute Gasteiger partial charge is 0.478 e. The van der Waals surface area contributed by atoms with Crippen LogP contribution < -0.4 is 5.56 Å². The van der Waals surface area contributed by atoms with Gasteiger partial charge in [0.15, 0.2) is 0 Å². The number of aromatic carboxylic acids is 1. The Bertz CT molecular complexity index is 719. The van der Waals surface area contributed by atoms with Gasteiger partial charge in [-0.15, -0.1) is 0 Å². The summed E-state index contributed by atoms with van der Waals surface area (Å²) in [6, 6.07) is 5.13. The van der Waals surface area contributed by atoms with Crippen molar-refractivity contribution in [3.63, 3.8) is 0 Å². The molecule has 1 N–H and O–H groups in total. The SMILES string of the molecule is CC(C)CCn1c(=O)ccc2cc(C(=O)O)cc(F)c21. The average Bonchev–Trinajstić information content (AvgIpc) is 2.37. The second kappa shape index (κ2) is 5.45. The Hall–Kier alpha value is -2.17. The molecule has 0 fully saturated rings. The van der Waals surface area contributed by atoms with Gasteiger partial charge in [-0.2, -0.15) is 0 Å².